The van der Waals surface area contributed by atoms with Gasteiger partial charge in [-0.25, -0.2) is 0 Å². The Labute approximate surface area is 103 Å². The lowest BCUT2D eigenvalue weighted by Crippen LogP contribution is -2.37. The van der Waals surface area contributed by atoms with E-state index in [0.29, 0.717) is 12.1 Å². The molecule has 1 heterocycles. The molecule has 0 aromatic rings. The summed E-state index contributed by atoms with van der Waals surface area (Å²) in [4.78, 5) is 24.4. The lowest BCUT2D eigenvalue weighted by Gasteiger charge is -2.22. The van der Waals surface area contributed by atoms with Crippen LogP contribution < -0.4 is 0 Å². The van der Waals surface area contributed by atoms with Crippen molar-refractivity contribution in [3.8, 4) is 0 Å². The zero-order valence-electron chi connectivity index (χ0n) is 10.9. The summed E-state index contributed by atoms with van der Waals surface area (Å²) in [6.07, 6.45) is 2.22. The van der Waals surface area contributed by atoms with Crippen molar-refractivity contribution >= 4 is 11.8 Å². The normalized spacial score (nSPS) is 19.9. The van der Waals surface area contributed by atoms with E-state index < -0.39 is 0 Å². The van der Waals surface area contributed by atoms with Crippen LogP contribution >= 0.6 is 0 Å². The highest BCUT2D eigenvalue weighted by atomic mass is 16.5. The minimum Gasteiger partial charge on any atom is -0.374 e. The third kappa shape index (κ3) is 3.66. The number of nitrogens with zero attached hydrogens (tertiary/aromatic N) is 1. The van der Waals surface area contributed by atoms with Crippen molar-refractivity contribution in [3.05, 3.63) is 12.2 Å². The van der Waals surface area contributed by atoms with Crippen LogP contribution in [-0.4, -0.2) is 35.5 Å². The number of ether oxygens (including phenoxy) is 1. The van der Waals surface area contributed by atoms with E-state index in [2.05, 4.69) is 13.5 Å². The number of likely N-dealkylation sites (tertiary alicyclic amines) is 1. The highest BCUT2D eigenvalue weighted by Crippen LogP contribution is 2.18. The molecule has 96 valence electrons. The van der Waals surface area contributed by atoms with Crippen LogP contribution in [0.1, 0.15) is 40.0 Å². The van der Waals surface area contributed by atoms with Crippen molar-refractivity contribution in [2.75, 3.05) is 6.54 Å². The van der Waals surface area contributed by atoms with Crippen LogP contribution in [0, 0.1) is 0 Å². The Kier molecular flexibility index (Phi) is 4.87. The molecule has 1 aliphatic heterocycles. The zero-order chi connectivity index (χ0) is 13.0. The molecule has 1 aliphatic rings. The molecule has 2 atom stereocenters. The first kappa shape index (κ1) is 13.9. The van der Waals surface area contributed by atoms with Crippen molar-refractivity contribution < 1.29 is 14.3 Å². The molecule has 2 unspecified atom stereocenters. The van der Waals surface area contributed by atoms with Crippen LogP contribution in [0.5, 0.6) is 0 Å². The molecule has 0 radical (unpaired) electrons. The van der Waals surface area contributed by atoms with Gasteiger partial charge < -0.3 is 4.74 Å². The number of amides is 2. The SMILES string of the molecule is C=C1CC(=O)N(CC(C)OC(C)CCC)C1=O. The van der Waals surface area contributed by atoms with Gasteiger partial charge in [-0.15, -0.1) is 0 Å². The lowest BCUT2D eigenvalue weighted by atomic mass is 10.2. The molecule has 0 spiro atoms. The van der Waals surface area contributed by atoms with Gasteiger partial charge in [0.2, 0.25) is 5.91 Å². The summed E-state index contributed by atoms with van der Waals surface area (Å²) in [7, 11) is 0. The second kappa shape index (κ2) is 5.96. The number of hydrogen-bond acceptors (Lipinski definition) is 3. The van der Waals surface area contributed by atoms with Gasteiger partial charge in [0.05, 0.1) is 25.2 Å². The molecule has 2 amide bonds. The van der Waals surface area contributed by atoms with Crippen LogP contribution in [0.25, 0.3) is 0 Å². The Morgan fingerprint density at radius 1 is 1.35 bits per heavy atom. The predicted octanol–water partition coefficient (Wildman–Crippen LogP) is 1.90. The van der Waals surface area contributed by atoms with Gasteiger partial charge in [0.15, 0.2) is 0 Å². The summed E-state index contributed by atoms with van der Waals surface area (Å²) in [5, 5.41) is 0. The number of hydrogen-bond donors (Lipinski definition) is 0. The van der Waals surface area contributed by atoms with E-state index in [1.807, 2.05) is 13.8 Å². The van der Waals surface area contributed by atoms with E-state index in [1.54, 1.807) is 0 Å². The average Bonchev–Trinajstić information content (AvgIpc) is 2.45. The number of rotatable bonds is 6. The maximum atomic E-state index is 11.6. The standard InChI is InChI=1S/C13H21NO3/c1-5-6-10(3)17-11(4)8-14-12(15)7-9(2)13(14)16/h10-11H,2,5-8H2,1,3-4H3. The fourth-order valence-electron chi connectivity index (χ4n) is 2.01. The maximum absolute atomic E-state index is 11.6. The average molecular weight is 239 g/mol. The maximum Gasteiger partial charge on any atom is 0.256 e. The topological polar surface area (TPSA) is 46.6 Å². The van der Waals surface area contributed by atoms with E-state index in [4.69, 9.17) is 4.74 Å². The first-order chi connectivity index (χ1) is 7.95. The summed E-state index contributed by atoms with van der Waals surface area (Å²) in [5.74, 6) is -0.424. The van der Waals surface area contributed by atoms with Crippen LogP contribution in [0.4, 0.5) is 0 Å². The van der Waals surface area contributed by atoms with E-state index in [-0.39, 0.29) is 30.4 Å². The van der Waals surface area contributed by atoms with Crippen LogP contribution in [0.3, 0.4) is 0 Å². The molecular weight excluding hydrogens is 218 g/mol. The quantitative estimate of drug-likeness (QED) is 0.525. The van der Waals surface area contributed by atoms with Crippen molar-refractivity contribution in [2.24, 2.45) is 0 Å². The summed E-state index contributed by atoms with van der Waals surface area (Å²) >= 11 is 0. The van der Waals surface area contributed by atoms with Gasteiger partial charge in [0, 0.05) is 5.57 Å². The monoisotopic (exact) mass is 239 g/mol. The molecule has 0 aliphatic carbocycles. The van der Waals surface area contributed by atoms with Gasteiger partial charge in [-0.05, 0) is 20.3 Å². The molecule has 0 aromatic carbocycles. The minimum atomic E-state index is -0.256. The lowest BCUT2D eigenvalue weighted by molar-refractivity contribution is -0.140. The molecular formula is C13H21NO3. The van der Waals surface area contributed by atoms with Crippen LogP contribution in [0.15, 0.2) is 12.2 Å². The summed E-state index contributed by atoms with van der Waals surface area (Å²) in [6.45, 7) is 9.89. The number of carbonyl (C=O) groups is 2. The molecule has 1 fully saturated rings. The summed E-state index contributed by atoms with van der Waals surface area (Å²) < 4.78 is 5.71. The van der Waals surface area contributed by atoms with Gasteiger partial charge in [-0.3, -0.25) is 14.5 Å². The Balaban J connectivity index is 2.46. The van der Waals surface area contributed by atoms with Crippen molar-refractivity contribution in [1.29, 1.82) is 0 Å². The van der Waals surface area contributed by atoms with Gasteiger partial charge in [0.1, 0.15) is 0 Å². The third-order valence-electron chi connectivity index (χ3n) is 2.81. The Morgan fingerprint density at radius 2 is 2.00 bits per heavy atom. The first-order valence-electron chi connectivity index (χ1n) is 6.13. The second-order valence-corrected chi connectivity index (χ2v) is 4.64. The van der Waals surface area contributed by atoms with E-state index in [9.17, 15) is 9.59 Å². The smallest absolute Gasteiger partial charge is 0.256 e. The van der Waals surface area contributed by atoms with Crippen LogP contribution in [-0.2, 0) is 14.3 Å². The molecule has 0 aromatic heterocycles. The van der Waals surface area contributed by atoms with Crippen molar-refractivity contribution in [3.63, 3.8) is 0 Å². The van der Waals surface area contributed by atoms with E-state index >= 15 is 0 Å². The van der Waals surface area contributed by atoms with Gasteiger partial charge in [-0.1, -0.05) is 19.9 Å². The Hall–Kier alpha value is -1.16. The minimum absolute atomic E-state index is 0.129. The molecule has 17 heavy (non-hydrogen) atoms. The predicted molar refractivity (Wildman–Crippen MR) is 65.4 cm³/mol. The molecule has 0 saturated carbocycles. The highest BCUT2D eigenvalue weighted by Gasteiger charge is 2.33. The fourth-order valence-corrected chi connectivity index (χ4v) is 2.01. The molecule has 4 heteroatoms. The summed E-state index contributed by atoms with van der Waals surface area (Å²) in [5.41, 5.74) is 0.379. The zero-order valence-corrected chi connectivity index (χ0v) is 10.9. The third-order valence-corrected chi connectivity index (χ3v) is 2.81. The summed E-state index contributed by atoms with van der Waals surface area (Å²) in [6, 6.07) is 0. The van der Waals surface area contributed by atoms with Crippen LogP contribution in [0.2, 0.25) is 0 Å². The molecule has 0 bridgehead atoms. The molecule has 1 saturated heterocycles. The second-order valence-electron chi connectivity index (χ2n) is 4.64. The Bertz CT molecular complexity index is 325. The van der Waals surface area contributed by atoms with E-state index in [1.165, 1.54) is 4.90 Å². The number of imide groups is 1. The first-order valence-corrected chi connectivity index (χ1v) is 6.13. The van der Waals surface area contributed by atoms with Gasteiger partial charge >= 0.3 is 0 Å². The van der Waals surface area contributed by atoms with Gasteiger partial charge in [-0.2, -0.15) is 0 Å². The largest absolute Gasteiger partial charge is 0.374 e. The number of carbonyl (C=O) groups excluding carboxylic acids is 2. The van der Waals surface area contributed by atoms with E-state index in [0.717, 1.165) is 12.8 Å². The van der Waals surface area contributed by atoms with Crippen molar-refractivity contribution in [1.82, 2.24) is 4.90 Å². The molecule has 4 nitrogen and oxygen atoms in total. The Morgan fingerprint density at radius 3 is 2.47 bits per heavy atom. The molecule has 0 N–H and O–H groups in total. The highest BCUT2D eigenvalue weighted by molar-refractivity contribution is 6.12. The van der Waals surface area contributed by atoms with Gasteiger partial charge in [0.25, 0.3) is 5.91 Å². The fraction of sp³-hybridized carbons (Fsp3) is 0.692. The molecule has 1 rings (SSSR count). The van der Waals surface area contributed by atoms with Crippen molar-refractivity contribution in [2.45, 2.75) is 52.2 Å².